The summed E-state index contributed by atoms with van der Waals surface area (Å²) in [6.07, 6.45) is 0. The highest BCUT2D eigenvalue weighted by molar-refractivity contribution is 14.1. The Morgan fingerprint density at radius 2 is 1.83 bits per heavy atom. The van der Waals surface area contributed by atoms with E-state index < -0.39 is 0 Å². The van der Waals surface area contributed by atoms with Crippen LogP contribution in [0.4, 0.5) is 0 Å². The molecule has 0 spiro atoms. The van der Waals surface area contributed by atoms with Crippen LogP contribution in [0.2, 0.25) is 0 Å². The van der Waals surface area contributed by atoms with E-state index in [1.165, 1.54) is 20.3 Å². The van der Waals surface area contributed by atoms with Crippen molar-refractivity contribution < 1.29 is 0 Å². The fraction of sp³-hybridized carbons (Fsp3) is 0.250. The summed E-state index contributed by atoms with van der Waals surface area (Å²) in [6.45, 7) is 5.25. The van der Waals surface area contributed by atoms with Gasteiger partial charge in [-0.25, -0.2) is 0 Å². The van der Waals surface area contributed by atoms with Crippen LogP contribution in [0.5, 0.6) is 0 Å². The second kappa shape index (κ2) is 6.34. The second-order valence-electron chi connectivity index (χ2n) is 4.64. The summed E-state index contributed by atoms with van der Waals surface area (Å²) in [5, 5.41) is 3.56. The minimum absolute atomic E-state index is 0.377. The largest absolute Gasteiger partial charge is 0.306 e. The maximum absolute atomic E-state index is 3.56. The number of benzene rings is 2. The van der Waals surface area contributed by atoms with Crippen LogP contribution in [0.1, 0.15) is 29.7 Å². The van der Waals surface area contributed by atoms with Crippen molar-refractivity contribution in [3.05, 3.63) is 68.8 Å². The molecule has 1 unspecified atom stereocenters. The van der Waals surface area contributed by atoms with Crippen molar-refractivity contribution in [1.29, 1.82) is 0 Å². The molecule has 0 aliphatic carbocycles. The lowest BCUT2D eigenvalue weighted by molar-refractivity contribution is 0.574. The third kappa shape index (κ3) is 3.82. The first-order valence-corrected chi connectivity index (χ1v) is 7.27. The molecule has 0 bridgehead atoms. The standard InChI is InChI=1S/C16H18IN/c1-12-4-3-5-14(10-12)11-18-13(2)15-6-8-16(17)9-7-15/h3-10,13,18H,11H2,1-2H3. The number of rotatable bonds is 4. The average Bonchev–Trinajstić information content (AvgIpc) is 2.37. The third-order valence-corrected chi connectivity index (χ3v) is 3.78. The quantitative estimate of drug-likeness (QED) is 0.803. The summed E-state index contributed by atoms with van der Waals surface area (Å²) >= 11 is 2.33. The Bertz CT molecular complexity index is 505. The Kier molecular flexibility index (Phi) is 4.78. The highest BCUT2D eigenvalue weighted by atomic mass is 127. The fourth-order valence-corrected chi connectivity index (χ4v) is 2.32. The van der Waals surface area contributed by atoms with E-state index >= 15 is 0 Å². The molecule has 0 saturated carbocycles. The molecule has 0 aromatic heterocycles. The molecule has 0 amide bonds. The Hall–Kier alpha value is -0.870. The van der Waals surface area contributed by atoms with Gasteiger partial charge in [-0.3, -0.25) is 0 Å². The zero-order chi connectivity index (χ0) is 13.0. The Morgan fingerprint density at radius 3 is 2.50 bits per heavy atom. The van der Waals surface area contributed by atoms with Crippen molar-refractivity contribution in [2.24, 2.45) is 0 Å². The molecule has 1 N–H and O–H groups in total. The topological polar surface area (TPSA) is 12.0 Å². The van der Waals surface area contributed by atoms with Crippen LogP contribution in [0.3, 0.4) is 0 Å². The monoisotopic (exact) mass is 351 g/mol. The molecule has 18 heavy (non-hydrogen) atoms. The molecule has 1 nitrogen and oxygen atoms in total. The zero-order valence-electron chi connectivity index (χ0n) is 10.8. The fourth-order valence-electron chi connectivity index (χ4n) is 1.96. The lowest BCUT2D eigenvalue weighted by Crippen LogP contribution is -2.18. The summed E-state index contributed by atoms with van der Waals surface area (Å²) in [6, 6.07) is 17.7. The molecular weight excluding hydrogens is 333 g/mol. The van der Waals surface area contributed by atoms with E-state index in [1.54, 1.807) is 0 Å². The van der Waals surface area contributed by atoms with Gasteiger partial charge in [0, 0.05) is 16.2 Å². The highest BCUT2D eigenvalue weighted by Gasteiger charge is 2.04. The average molecular weight is 351 g/mol. The summed E-state index contributed by atoms with van der Waals surface area (Å²) in [7, 11) is 0. The van der Waals surface area contributed by atoms with Crippen molar-refractivity contribution in [1.82, 2.24) is 5.32 Å². The molecule has 0 radical (unpaired) electrons. The molecule has 0 aliphatic rings. The van der Waals surface area contributed by atoms with E-state index in [4.69, 9.17) is 0 Å². The first-order chi connectivity index (χ1) is 8.65. The van der Waals surface area contributed by atoms with E-state index in [0.29, 0.717) is 6.04 Å². The van der Waals surface area contributed by atoms with Crippen molar-refractivity contribution in [2.75, 3.05) is 0 Å². The van der Waals surface area contributed by atoms with Crippen LogP contribution in [-0.4, -0.2) is 0 Å². The predicted molar refractivity (Wildman–Crippen MR) is 85.6 cm³/mol. The first kappa shape index (κ1) is 13.6. The third-order valence-electron chi connectivity index (χ3n) is 3.06. The number of hydrogen-bond acceptors (Lipinski definition) is 1. The molecule has 1 atom stereocenters. The van der Waals surface area contributed by atoms with Crippen molar-refractivity contribution in [3.63, 3.8) is 0 Å². The van der Waals surface area contributed by atoms with Gasteiger partial charge in [-0.2, -0.15) is 0 Å². The van der Waals surface area contributed by atoms with Crippen LogP contribution in [0.25, 0.3) is 0 Å². The minimum Gasteiger partial charge on any atom is -0.306 e. The van der Waals surface area contributed by atoms with Gasteiger partial charge < -0.3 is 5.32 Å². The molecule has 0 aliphatic heterocycles. The molecule has 2 aromatic rings. The summed E-state index contributed by atoms with van der Waals surface area (Å²) in [5.74, 6) is 0. The molecule has 2 aromatic carbocycles. The van der Waals surface area contributed by atoms with Crippen molar-refractivity contribution in [2.45, 2.75) is 26.4 Å². The Morgan fingerprint density at radius 1 is 1.11 bits per heavy atom. The van der Waals surface area contributed by atoms with E-state index in [-0.39, 0.29) is 0 Å². The van der Waals surface area contributed by atoms with Gasteiger partial charge in [0.1, 0.15) is 0 Å². The van der Waals surface area contributed by atoms with E-state index in [2.05, 4.69) is 90.3 Å². The molecule has 0 fully saturated rings. The van der Waals surface area contributed by atoms with Crippen LogP contribution in [-0.2, 0) is 6.54 Å². The van der Waals surface area contributed by atoms with E-state index in [1.807, 2.05) is 0 Å². The maximum atomic E-state index is 3.56. The van der Waals surface area contributed by atoms with Gasteiger partial charge >= 0.3 is 0 Å². The summed E-state index contributed by atoms with van der Waals surface area (Å²) in [4.78, 5) is 0. The van der Waals surface area contributed by atoms with Crippen LogP contribution in [0.15, 0.2) is 48.5 Å². The van der Waals surface area contributed by atoms with Crippen LogP contribution < -0.4 is 5.32 Å². The molecule has 2 rings (SSSR count). The lowest BCUT2D eigenvalue weighted by atomic mass is 10.1. The second-order valence-corrected chi connectivity index (χ2v) is 5.89. The molecule has 0 saturated heterocycles. The van der Waals surface area contributed by atoms with Gasteiger partial charge in [0.2, 0.25) is 0 Å². The number of hydrogen-bond donors (Lipinski definition) is 1. The summed E-state index contributed by atoms with van der Waals surface area (Å²) < 4.78 is 1.28. The Balaban J connectivity index is 1.96. The normalized spacial score (nSPS) is 12.4. The van der Waals surface area contributed by atoms with Crippen molar-refractivity contribution in [3.8, 4) is 0 Å². The number of nitrogens with one attached hydrogen (secondary N) is 1. The first-order valence-electron chi connectivity index (χ1n) is 6.19. The van der Waals surface area contributed by atoms with Crippen LogP contribution in [0, 0.1) is 10.5 Å². The van der Waals surface area contributed by atoms with Gasteiger partial charge in [0.05, 0.1) is 0 Å². The lowest BCUT2D eigenvalue weighted by Gasteiger charge is -2.14. The molecular formula is C16H18IN. The van der Waals surface area contributed by atoms with Gasteiger partial charge in [0.15, 0.2) is 0 Å². The van der Waals surface area contributed by atoms with Gasteiger partial charge in [-0.05, 0) is 59.7 Å². The molecule has 94 valence electrons. The molecule has 2 heteroatoms. The smallest absolute Gasteiger partial charge is 0.0294 e. The highest BCUT2D eigenvalue weighted by Crippen LogP contribution is 2.15. The van der Waals surface area contributed by atoms with E-state index in [9.17, 15) is 0 Å². The maximum Gasteiger partial charge on any atom is 0.0294 e. The Labute approximate surface area is 123 Å². The van der Waals surface area contributed by atoms with Crippen LogP contribution >= 0.6 is 22.6 Å². The van der Waals surface area contributed by atoms with E-state index in [0.717, 1.165) is 6.54 Å². The van der Waals surface area contributed by atoms with Gasteiger partial charge in [0.25, 0.3) is 0 Å². The minimum atomic E-state index is 0.377. The SMILES string of the molecule is Cc1cccc(CNC(C)c2ccc(I)cc2)c1. The van der Waals surface area contributed by atoms with Gasteiger partial charge in [-0.15, -0.1) is 0 Å². The predicted octanol–water partition coefficient (Wildman–Crippen LogP) is 4.45. The zero-order valence-corrected chi connectivity index (χ0v) is 12.9. The van der Waals surface area contributed by atoms with Crippen molar-refractivity contribution >= 4 is 22.6 Å². The van der Waals surface area contributed by atoms with Gasteiger partial charge in [-0.1, -0.05) is 42.0 Å². The number of aryl methyl sites for hydroxylation is 1. The molecule has 0 heterocycles. The number of halogens is 1. The summed E-state index contributed by atoms with van der Waals surface area (Å²) in [5.41, 5.74) is 3.99.